The zero-order valence-electron chi connectivity index (χ0n) is 11.2. The number of nitrogens with zero attached hydrogens (tertiary/aromatic N) is 3. The lowest BCUT2D eigenvalue weighted by molar-refractivity contribution is -0.0436. The molecule has 0 spiro atoms. The number of anilines is 1. The summed E-state index contributed by atoms with van der Waals surface area (Å²) in [6.45, 7) is 1.35. The molecule has 9 heteroatoms. The monoisotopic (exact) mass is 331 g/mol. The number of rotatable bonds is 3. The fourth-order valence-corrected chi connectivity index (χ4v) is 3.06. The first-order valence-electron chi connectivity index (χ1n) is 6.44. The molecule has 2 aromatic rings. The van der Waals surface area contributed by atoms with Crippen LogP contribution in [-0.4, -0.2) is 36.8 Å². The Hall–Kier alpha value is -2.03. The zero-order chi connectivity index (χ0) is 16.0. The molecule has 5 nitrogen and oxygen atoms in total. The second-order valence-corrected chi connectivity index (χ2v) is 6.93. The third-order valence-corrected chi connectivity index (χ3v) is 5.08. The average Bonchev–Trinajstić information content (AvgIpc) is 2.90. The van der Waals surface area contributed by atoms with Crippen LogP contribution < -0.4 is 4.90 Å². The van der Waals surface area contributed by atoms with Gasteiger partial charge in [-0.2, -0.15) is 18.3 Å². The maximum Gasteiger partial charge on any atom is 0.501 e. The predicted octanol–water partition coefficient (Wildman–Crippen LogP) is 2.24. The van der Waals surface area contributed by atoms with Crippen molar-refractivity contribution in [1.29, 1.82) is 0 Å². The Morgan fingerprint density at radius 1 is 1.14 bits per heavy atom. The van der Waals surface area contributed by atoms with Gasteiger partial charge in [0, 0.05) is 31.2 Å². The third kappa shape index (κ3) is 2.45. The van der Waals surface area contributed by atoms with Gasteiger partial charge in [0.1, 0.15) is 0 Å². The van der Waals surface area contributed by atoms with Gasteiger partial charge in [-0.1, -0.05) is 0 Å². The molecular formula is C13H12F3N3O2S. The minimum absolute atomic E-state index is 0.216. The fourth-order valence-electron chi connectivity index (χ4n) is 2.30. The molecule has 0 saturated carbocycles. The van der Waals surface area contributed by atoms with E-state index in [4.69, 9.17) is 0 Å². The molecule has 22 heavy (non-hydrogen) atoms. The van der Waals surface area contributed by atoms with E-state index < -0.39 is 20.2 Å². The summed E-state index contributed by atoms with van der Waals surface area (Å²) < 4.78 is 61.7. The van der Waals surface area contributed by atoms with Gasteiger partial charge in [-0.3, -0.25) is 4.68 Å². The molecule has 1 saturated heterocycles. The minimum Gasteiger partial charge on any atom is -0.367 e. The number of hydrogen-bond donors (Lipinski definition) is 0. The highest BCUT2D eigenvalue weighted by Crippen LogP contribution is 2.32. The molecule has 0 atom stereocenters. The Morgan fingerprint density at radius 3 is 2.27 bits per heavy atom. The van der Waals surface area contributed by atoms with E-state index in [1.807, 2.05) is 21.8 Å². The number of aromatic nitrogens is 2. The van der Waals surface area contributed by atoms with Gasteiger partial charge < -0.3 is 4.90 Å². The Morgan fingerprint density at radius 2 is 1.77 bits per heavy atom. The van der Waals surface area contributed by atoms with E-state index in [9.17, 15) is 21.6 Å². The molecule has 0 bridgehead atoms. The molecule has 118 valence electrons. The summed E-state index contributed by atoms with van der Waals surface area (Å²) in [6.07, 6.45) is 3.53. The topological polar surface area (TPSA) is 55.2 Å². The van der Waals surface area contributed by atoms with Gasteiger partial charge in [-0.15, -0.1) is 0 Å². The highest BCUT2D eigenvalue weighted by Gasteiger charge is 2.46. The van der Waals surface area contributed by atoms with Gasteiger partial charge in [-0.05, 0) is 30.3 Å². The molecule has 2 heterocycles. The summed E-state index contributed by atoms with van der Waals surface area (Å²) in [5.74, 6) is 0. The number of hydrogen-bond acceptors (Lipinski definition) is 4. The van der Waals surface area contributed by atoms with E-state index in [0.717, 1.165) is 12.1 Å². The van der Waals surface area contributed by atoms with Crippen LogP contribution in [0.25, 0.3) is 0 Å². The van der Waals surface area contributed by atoms with Crippen LogP contribution in [0.15, 0.2) is 47.6 Å². The fraction of sp³-hybridized carbons (Fsp3) is 0.308. The van der Waals surface area contributed by atoms with Gasteiger partial charge in [0.15, 0.2) is 0 Å². The van der Waals surface area contributed by atoms with Crippen molar-refractivity contribution >= 4 is 15.5 Å². The number of halogens is 3. The van der Waals surface area contributed by atoms with E-state index in [1.54, 1.807) is 6.20 Å². The van der Waals surface area contributed by atoms with Crippen LogP contribution in [-0.2, 0) is 9.84 Å². The number of benzene rings is 1. The molecule has 1 aliphatic heterocycles. The van der Waals surface area contributed by atoms with Gasteiger partial charge in [-0.25, -0.2) is 8.42 Å². The van der Waals surface area contributed by atoms with Crippen LogP contribution in [0.4, 0.5) is 18.9 Å². The van der Waals surface area contributed by atoms with Crippen LogP contribution in [0.1, 0.15) is 6.04 Å². The van der Waals surface area contributed by atoms with E-state index in [-0.39, 0.29) is 6.04 Å². The van der Waals surface area contributed by atoms with Crippen molar-refractivity contribution in [2.24, 2.45) is 0 Å². The van der Waals surface area contributed by atoms with Crippen molar-refractivity contribution in [1.82, 2.24) is 9.78 Å². The molecular weight excluding hydrogens is 319 g/mol. The Balaban J connectivity index is 1.72. The van der Waals surface area contributed by atoms with E-state index in [2.05, 4.69) is 5.10 Å². The van der Waals surface area contributed by atoms with E-state index in [1.165, 1.54) is 12.1 Å². The lowest BCUT2D eigenvalue weighted by Gasteiger charge is -2.41. The quantitative estimate of drug-likeness (QED) is 0.865. The Labute approximate surface area is 124 Å². The third-order valence-electron chi connectivity index (χ3n) is 3.58. The number of alkyl halides is 3. The molecule has 1 aliphatic rings. The van der Waals surface area contributed by atoms with Crippen LogP contribution >= 0.6 is 0 Å². The summed E-state index contributed by atoms with van der Waals surface area (Å²) >= 11 is 0. The lowest BCUT2D eigenvalue weighted by Crippen LogP contribution is -2.48. The molecule has 0 radical (unpaired) electrons. The second-order valence-electron chi connectivity index (χ2n) is 4.99. The van der Waals surface area contributed by atoms with Crippen LogP contribution in [0, 0.1) is 0 Å². The minimum atomic E-state index is -5.29. The lowest BCUT2D eigenvalue weighted by atomic mass is 10.1. The molecule has 1 aromatic carbocycles. The standard InChI is InChI=1S/C13H12F3N3O2S/c14-13(15,16)22(20,21)12-4-2-10(3-5-12)18-8-11(9-18)19-7-1-6-17-19/h1-7,11H,8-9H2. The number of sulfone groups is 1. The zero-order valence-corrected chi connectivity index (χ0v) is 12.0. The molecule has 3 rings (SSSR count). The maximum atomic E-state index is 12.5. The van der Waals surface area contributed by atoms with Gasteiger partial charge in [0.25, 0.3) is 9.84 Å². The van der Waals surface area contributed by atoms with Crippen LogP contribution in [0.2, 0.25) is 0 Å². The van der Waals surface area contributed by atoms with Crippen molar-refractivity contribution in [3.8, 4) is 0 Å². The van der Waals surface area contributed by atoms with Crippen molar-refractivity contribution < 1.29 is 21.6 Å². The smallest absolute Gasteiger partial charge is 0.367 e. The van der Waals surface area contributed by atoms with E-state index >= 15 is 0 Å². The van der Waals surface area contributed by atoms with Crippen molar-refractivity contribution in [2.45, 2.75) is 16.4 Å². The SMILES string of the molecule is O=S(=O)(c1ccc(N2CC(n3cccn3)C2)cc1)C(F)(F)F. The Bertz CT molecular complexity index is 749. The van der Waals surface area contributed by atoms with Gasteiger partial charge >= 0.3 is 5.51 Å². The normalized spacial score (nSPS) is 16.6. The summed E-state index contributed by atoms with van der Waals surface area (Å²) in [7, 11) is -5.29. The molecule has 0 N–H and O–H groups in total. The highest BCUT2D eigenvalue weighted by atomic mass is 32.2. The molecule has 1 fully saturated rings. The first-order valence-corrected chi connectivity index (χ1v) is 7.93. The molecule has 0 amide bonds. The van der Waals surface area contributed by atoms with Crippen LogP contribution in [0.5, 0.6) is 0 Å². The van der Waals surface area contributed by atoms with E-state index in [0.29, 0.717) is 18.8 Å². The summed E-state index contributed by atoms with van der Waals surface area (Å²) in [6, 6.07) is 6.78. The maximum absolute atomic E-state index is 12.5. The first-order chi connectivity index (χ1) is 10.3. The molecule has 0 unspecified atom stereocenters. The molecule has 1 aromatic heterocycles. The summed E-state index contributed by atoms with van der Waals surface area (Å²) in [5.41, 5.74) is -4.60. The van der Waals surface area contributed by atoms with Crippen LogP contribution in [0.3, 0.4) is 0 Å². The van der Waals surface area contributed by atoms with Gasteiger partial charge in [0.2, 0.25) is 0 Å². The average molecular weight is 331 g/mol. The van der Waals surface area contributed by atoms with Crippen molar-refractivity contribution in [3.63, 3.8) is 0 Å². The predicted molar refractivity (Wildman–Crippen MR) is 73.2 cm³/mol. The molecule has 0 aliphatic carbocycles. The highest BCUT2D eigenvalue weighted by molar-refractivity contribution is 7.92. The summed E-state index contributed by atoms with van der Waals surface area (Å²) in [4.78, 5) is 1.20. The second kappa shape index (κ2) is 5.01. The van der Waals surface area contributed by atoms with Crippen molar-refractivity contribution in [3.05, 3.63) is 42.7 Å². The van der Waals surface area contributed by atoms with Crippen molar-refractivity contribution in [2.75, 3.05) is 18.0 Å². The van der Waals surface area contributed by atoms with Gasteiger partial charge in [0.05, 0.1) is 10.9 Å². The first kappa shape index (κ1) is 14.9. The summed E-state index contributed by atoms with van der Waals surface area (Å²) in [5, 5.41) is 4.13. The largest absolute Gasteiger partial charge is 0.501 e. The Kier molecular flexibility index (Phi) is 3.39.